The third-order valence-corrected chi connectivity index (χ3v) is 2.97. The van der Waals surface area contributed by atoms with Crippen LogP contribution in [0.2, 0.25) is 0 Å². The Labute approximate surface area is 110 Å². The van der Waals surface area contributed by atoms with Crippen LogP contribution in [-0.4, -0.2) is 19.0 Å². The topological polar surface area (TPSA) is 41.1 Å². The van der Waals surface area contributed by atoms with Gasteiger partial charge >= 0.3 is 0 Å². The fourth-order valence-corrected chi connectivity index (χ4v) is 1.92. The van der Waals surface area contributed by atoms with Crippen molar-refractivity contribution in [2.45, 2.75) is 40.0 Å². The summed E-state index contributed by atoms with van der Waals surface area (Å²) in [5.74, 6) is 0.487. The first-order valence-corrected chi connectivity index (χ1v) is 6.66. The first-order valence-electron chi connectivity index (χ1n) is 6.66. The van der Waals surface area contributed by atoms with E-state index < -0.39 is 0 Å². The molecule has 3 heteroatoms. The van der Waals surface area contributed by atoms with Gasteiger partial charge in [-0.3, -0.25) is 4.79 Å². The third-order valence-electron chi connectivity index (χ3n) is 2.97. The van der Waals surface area contributed by atoms with Crippen molar-refractivity contribution in [2.24, 2.45) is 0 Å². The highest BCUT2D eigenvalue weighted by Gasteiger charge is 2.11. The Morgan fingerprint density at radius 3 is 2.67 bits per heavy atom. The van der Waals surface area contributed by atoms with E-state index in [1.165, 1.54) is 5.56 Å². The summed E-state index contributed by atoms with van der Waals surface area (Å²) in [6, 6.07) is 6.16. The Hall–Kier alpha value is -1.35. The molecule has 0 atom stereocenters. The van der Waals surface area contributed by atoms with Crippen LogP contribution in [0.25, 0.3) is 0 Å². The number of amides is 1. The average molecular weight is 248 g/mol. The van der Waals surface area contributed by atoms with Crippen LogP contribution in [0.4, 0.5) is 5.69 Å². The summed E-state index contributed by atoms with van der Waals surface area (Å²) in [5, 5.41) is 6.20. The maximum absolute atomic E-state index is 11.9. The van der Waals surface area contributed by atoms with Gasteiger partial charge in [0.05, 0.1) is 0 Å². The zero-order valence-electron chi connectivity index (χ0n) is 11.8. The molecule has 0 heterocycles. The molecule has 0 saturated carbocycles. The summed E-state index contributed by atoms with van der Waals surface area (Å²) in [4.78, 5) is 11.9. The second kappa shape index (κ2) is 7.17. The van der Waals surface area contributed by atoms with Crippen molar-refractivity contribution in [2.75, 3.05) is 18.4 Å². The summed E-state index contributed by atoms with van der Waals surface area (Å²) < 4.78 is 0. The zero-order chi connectivity index (χ0) is 13.5. The molecule has 3 nitrogen and oxygen atoms in total. The van der Waals surface area contributed by atoms with E-state index in [2.05, 4.69) is 30.5 Å². The summed E-state index contributed by atoms with van der Waals surface area (Å²) in [6.45, 7) is 9.98. The molecule has 0 aliphatic carbocycles. The van der Waals surface area contributed by atoms with E-state index >= 15 is 0 Å². The molecule has 1 aromatic carbocycles. The number of hydrogen-bond donors (Lipinski definition) is 2. The second-order valence-corrected chi connectivity index (χ2v) is 4.85. The number of nitrogens with one attached hydrogen (secondary N) is 2. The highest BCUT2D eigenvalue weighted by Crippen LogP contribution is 2.27. The van der Waals surface area contributed by atoms with Gasteiger partial charge in [0.2, 0.25) is 5.91 Å². The molecule has 0 aliphatic heterocycles. The Morgan fingerprint density at radius 1 is 1.33 bits per heavy atom. The van der Waals surface area contributed by atoms with Gasteiger partial charge in [0.25, 0.3) is 0 Å². The van der Waals surface area contributed by atoms with Gasteiger partial charge in [0.15, 0.2) is 0 Å². The van der Waals surface area contributed by atoms with E-state index in [1.54, 1.807) is 0 Å². The smallest absolute Gasteiger partial charge is 0.225 e. The van der Waals surface area contributed by atoms with Crippen LogP contribution < -0.4 is 10.6 Å². The quantitative estimate of drug-likeness (QED) is 0.760. The fraction of sp³-hybridized carbons (Fsp3) is 0.533. The molecule has 0 radical (unpaired) electrons. The SMILES string of the molecule is CCNCCC(=O)Nc1c(C)cccc1C(C)C. The van der Waals surface area contributed by atoms with Gasteiger partial charge in [-0.25, -0.2) is 0 Å². The van der Waals surface area contributed by atoms with Crippen molar-refractivity contribution >= 4 is 11.6 Å². The third kappa shape index (κ3) is 4.15. The Balaban J connectivity index is 2.74. The Morgan fingerprint density at radius 2 is 2.06 bits per heavy atom. The number of hydrogen-bond acceptors (Lipinski definition) is 2. The van der Waals surface area contributed by atoms with Crippen LogP contribution in [0.15, 0.2) is 18.2 Å². The molecule has 1 aromatic rings. The van der Waals surface area contributed by atoms with Crippen LogP contribution in [0, 0.1) is 6.92 Å². The number of para-hydroxylation sites is 1. The molecule has 100 valence electrons. The lowest BCUT2D eigenvalue weighted by Crippen LogP contribution is -2.22. The average Bonchev–Trinajstić information content (AvgIpc) is 2.31. The lowest BCUT2D eigenvalue weighted by atomic mass is 9.98. The molecule has 2 N–H and O–H groups in total. The first kappa shape index (κ1) is 14.7. The highest BCUT2D eigenvalue weighted by atomic mass is 16.1. The van der Waals surface area contributed by atoms with Crippen molar-refractivity contribution in [1.82, 2.24) is 5.32 Å². The molecular weight excluding hydrogens is 224 g/mol. The van der Waals surface area contributed by atoms with E-state index in [9.17, 15) is 4.79 Å². The van der Waals surface area contributed by atoms with Crippen molar-refractivity contribution < 1.29 is 4.79 Å². The standard InChI is InChI=1S/C15H24N2O/c1-5-16-10-9-14(18)17-15-12(4)7-6-8-13(15)11(2)3/h6-8,11,16H,5,9-10H2,1-4H3,(H,17,18). The maximum atomic E-state index is 11.9. The van der Waals surface area contributed by atoms with Crippen molar-refractivity contribution in [3.63, 3.8) is 0 Å². The minimum atomic E-state index is 0.0761. The zero-order valence-corrected chi connectivity index (χ0v) is 11.8. The Bertz CT molecular complexity index is 399. The van der Waals surface area contributed by atoms with Crippen LogP contribution in [-0.2, 0) is 4.79 Å². The second-order valence-electron chi connectivity index (χ2n) is 4.85. The van der Waals surface area contributed by atoms with Crippen LogP contribution >= 0.6 is 0 Å². The molecule has 0 saturated heterocycles. The van der Waals surface area contributed by atoms with Gasteiger partial charge in [-0.05, 0) is 30.5 Å². The number of anilines is 1. The lowest BCUT2D eigenvalue weighted by molar-refractivity contribution is -0.116. The van der Waals surface area contributed by atoms with Crippen molar-refractivity contribution in [1.29, 1.82) is 0 Å². The normalized spacial score (nSPS) is 10.7. The van der Waals surface area contributed by atoms with Crippen LogP contribution in [0.1, 0.15) is 44.2 Å². The van der Waals surface area contributed by atoms with Gasteiger partial charge in [0, 0.05) is 18.7 Å². The molecule has 1 rings (SSSR count). The summed E-state index contributed by atoms with van der Waals surface area (Å²) in [5.41, 5.74) is 3.30. The van der Waals surface area contributed by atoms with Crippen molar-refractivity contribution in [3.8, 4) is 0 Å². The number of carbonyl (C=O) groups is 1. The predicted octanol–water partition coefficient (Wildman–Crippen LogP) is 3.06. The largest absolute Gasteiger partial charge is 0.326 e. The van der Waals surface area contributed by atoms with Gasteiger partial charge in [-0.2, -0.15) is 0 Å². The van der Waals surface area contributed by atoms with Crippen LogP contribution in [0.3, 0.4) is 0 Å². The van der Waals surface area contributed by atoms with Gasteiger partial charge in [0.1, 0.15) is 0 Å². The first-order chi connectivity index (χ1) is 8.56. The molecule has 0 aromatic heterocycles. The molecule has 0 spiro atoms. The summed E-state index contributed by atoms with van der Waals surface area (Å²) in [6.07, 6.45) is 0.514. The number of aryl methyl sites for hydroxylation is 1. The van der Waals surface area contributed by atoms with E-state index in [4.69, 9.17) is 0 Å². The number of benzene rings is 1. The van der Waals surface area contributed by atoms with Crippen molar-refractivity contribution in [3.05, 3.63) is 29.3 Å². The molecule has 1 amide bonds. The minimum absolute atomic E-state index is 0.0761. The predicted molar refractivity (Wildman–Crippen MR) is 77.1 cm³/mol. The molecule has 0 fully saturated rings. The lowest BCUT2D eigenvalue weighted by Gasteiger charge is -2.16. The molecule has 18 heavy (non-hydrogen) atoms. The van der Waals surface area contributed by atoms with Gasteiger partial charge < -0.3 is 10.6 Å². The maximum Gasteiger partial charge on any atom is 0.225 e. The van der Waals surface area contributed by atoms with Gasteiger partial charge in [-0.15, -0.1) is 0 Å². The fourth-order valence-electron chi connectivity index (χ4n) is 1.92. The van der Waals surface area contributed by atoms with E-state index in [1.807, 2.05) is 26.0 Å². The molecule has 0 unspecified atom stereocenters. The summed E-state index contributed by atoms with van der Waals surface area (Å²) in [7, 11) is 0. The van der Waals surface area contributed by atoms with E-state index in [-0.39, 0.29) is 5.91 Å². The molecular formula is C15H24N2O. The van der Waals surface area contributed by atoms with E-state index in [0.29, 0.717) is 12.3 Å². The molecule has 0 aliphatic rings. The minimum Gasteiger partial charge on any atom is -0.326 e. The number of carbonyl (C=O) groups excluding carboxylic acids is 1. The monoisotopic (exact) mass is 248 g/mol. The van der Waals surface area contributed by atoms with Crippen LogP contribution in [0.5, 0.6) is 0 Å². The summed E-state index contributed by atoms with van der Waals surface area (Å²) >= 11 is 0. The molecule has 0 bridgehead atoms. The van der Waals surface area contributed by atoms with E-state index in [0.717, 1.165) is 24.3 Å². The van der Waals surface area contributed by atoms with Gasteiger partial charge in [-0.1, -0.05) is 39.0 Å². The number of rotatable bonds is 6. The Kier molecular flexibility index (Phi) is 5.86. The highest BCUT2D eigenvalue weighted by molar-refractivity contribution is 5.92.